The van der Waals surface area contributed by atoms with E-state index in [2.05, 4.69) is 22.3 Å². The van der Waals surface area contributed by atoms with Crippen molar-refractivity contribution in [2.75, 3.05) is 13.1 Å². The molecule has 1 saturated heterocycles. The molecule has 2 aromatic carbocycles. The Balaban J connectivity index is 1.30. The maximum absolute atomic E-state index is 13.0. The monoisotopic (exact) mass is 346 g/mol. The van der Waals surface area contributed by atoms with Gasteiger partial charge in [-0.15, -0.1) is 0 Å². The molecular weight excluding hydrogens is 324 g/mol. The number of carbonyl (C=O) groups excluding carboxylic acids is 1. The van der Waals surface area contributed by atoms with Crippen LogP contribution in [0.15, 0.2) is 42.5 Å². The topological polar surface area (TPSA) is 61.9 Å². The van der Waals surface area contributed by atoms with Gasteiger partial charge in [-0.3, -0.25) is 9.89 Å². The number of aromatic nitrogens is 3. The first kappa shape index (κ1) is 15.6. The number of aromatic amines is 1. The predicted molar refractivity (Wildman–Crippen MR) is 100 cm³/mol. The highest BCUT2D eigenvalue weighted by atomic mass is 16.2. The number of rotatable bonds is 3. The van der Waals surface area contributed by atoms with E-state index in [1.165, 1.54) is 12.8 Å². The lowest BCUT2D eigenvalue weighted by molar-refractivity contribution is 0.0713. The molecule has 2 fully saturated rings. The van der Waals surface area contributed by atoms with E-state index < -0.39 is 0 Å². The molecule has 1 saturated carbocycles. The summed E-state index contributed by atoms with van der Waals surface area (Å²) < 4.78 is 0. The molecule has 0 bridgehead atoms. The minimum Gasteiger partial charge on any atom is -0.339 e. The molecule has 2 heterocycles. The van der Waals surface area contributed by atoms with E-state index in [4.69, 9.17) is 4.98 Å². The van der Waals surface area contributed by atoms with Gasteiger partial charge >= 0.3 is 0 Å². The van der Waals surface area contributed by atoms with Gasteiger partial charge in [0.15, 0.2) is 5.82 Å². The van der Waals surface area contributed by atoms with Gasteiger partial charge < -0.3 is 4.90 Å². The Kier molecular flexibility index (Phi) is 3.73. The molecule has 0 spiro atoms. The average molecular weight is 346 g/mol. The van der Waals surface area contributed by atoms with Crippen LogP contribution < -0.4 is 0 Å². The fourth-order valence-electron chi connectivity index (χ4n) is 3.93. The van der Waals surface area contributed by atoms with E-state index in [1.54, 1.807) is 0 Å². The molecule has 26 heavy (non-hydrogen) atoms. The van der Waals surface area contributed by atoms with Crippen LogP contribution in [0, 0.1) is 0 Å². The molecule has 0 unspecified atom stereocenters. The molecule has 0 radical (unpaired) electrons. The van der Waals surface area contributed by atoms with Crippen molar-refractivity contribution in [3.63, 3.8) is 0 Å². The summed E-state index contributed by atoms with van der Waals surface area (Å²) >= 11 is 0. The molecule has 3 aromatic rings. The molecule has 1 aliphatic carbocycles. The second-order valence-corrected chi connectivity index (χ2v) is 7.45. The molecule has 0 atom stereocenters. The predicted octanol–water partition coefficient (Wildman–Crippen LogP) is 3.86. The third-order valence-corrected chi connectivity index (χ3v) is 5.65. The van der Waals surface area contributed by atoms with E-state index in [1.807, 2.05) is 35.2 Å². The number of nitrogens with one attached hydrogen (secondary N) is 1. The maximum atomic E-state index is 13.0. The number of benzene rings is 2. The van der Waals surface area contributed by atoms with Crippen molar-refractivity contribution < 1.29 is 4.79 Å². The lowest BCUT2D eigenvalue weighted by Crippen LogP contribution is -2.38. The molecule has 1 amide bonds. The Morgan fingerprint density at radius 2 is 1.73 bits per heavy atom. The van der Waals surface area contributed by atoms with Gasteiger partial charge in [0, 0.05) is 30.5 Å². The van der Waals surface area contributed by atoms with Crippen molar-refractivity contribution >= 4 is 16.7 Å². The highest BCUT2D eigenvalue weighted by Gasteiger charge is 2.31. The fraction of sp³-hybridized carbons (Fsp3) is 0.381. The summed E-state index contributed by atoms with van der Waals surface area (Å²) in [6.45, 7) is 1.54. The zero-order chi connectivity index (χ0) is 17.5. The summed E-state index contributed by atoms with van der Waals surface area (Å²) in [6.07, 6.45) is 4.32. The summed E-state index contributed by atoms with van der Waals surface area (Å²) in [5.74, 6) is 3.08. The Morgan fingerprint density at radius 1 is 0.962 bits per heavy atom. The van der Waals surface area contributed by atoms with E-state index in [9.17, 15) is 4.79 Å². The third-order valence-electron chi connectivity index (χ3n) is 5.65. The lowest BCUT2D eigenvalue weighted by Gasteiger charge is -2.31. The van der Waals surface area contributed by atoms with Crippen molar-refractivity contribution in [3.8, 4) is 0 Å². The van der Waals surface area contributed by atoms with Gasteiger partial charge in [-0.1, -0.05) is 36.4 Å². The number of hydrogen-bond acceptors (Lipinski definition) is 3. The lowest BCUT2D eigenvalue weighted by atomic mass is 9.95. The van der Waals surface area contributed by atoms with Crippen LogP contribution in [-0.2, 0) is 0 Å². The average Bonchev–Trinajstić information content (AvgIpc) is 3.44. The SMILES string of the molecule is O=C(c1cccc2ccccc12)N1CCC(c2nc(C3CC3)n[nH]2)CC1. The standard InChI is InChI=1S/C21H22N4O/c26-21(18-7-3-5-14-4-1-2-6-17(14)18)25-12-10-16(11-13-25)20-22-19(23-24-20)15-8-9-15/h1-7,15-16H,8-13H2,(H,22,23,24). The highest BCUT2D eigenvalue weighted by molar-refractivity contribution is 6.07. The number of likely N-dealkylation sites (tertiary alicyclic amines) is 1. The summed E-state index contributed by atoms with van der Waals surface area (Å²) in [5.41, 5.74) is 0.803. The second-order valence-electron chi connectivity index (χ2n) is 7.45. The van der Waals surface area contributed by atoms with E-state index in [0.717, 1.165) is 53.9 Å². The summed E-state index contributed by atoms with van der Waals surface area (Å²) in [7, 11) is 0. The van der Waals surface area contributed by atoms with Gasteiger partial charge in [0.25, 0.3) is 5.91 Å². The fourth-order valence-corrected chi connectivity index (χ4v) is 3.93. The van der Waals surface area contributed by atoms with Crippen molar-refractivity contribution in [1.82, 2.24) is 20.1 Å². The van der Waals surface area contributed by atoms with Gasteiger partial charge in [0.05, 0.1) is 0 Å². The van der Waals surface area contributed by atoms with Crippen molar-refractivity contribution in [2.45, 2.75) is 37.5 Å². The highest BCUT2D eigenvalue weighted by Crippen LogP contribution is 2.38. The second kappa shape index (κ2) is 6.24. The minimum absolute atomic E-state index is 0.136. The van der Waals surface area contributed by atoms with Crippen LogP contribution in [0.4, 0.5) is 0 Å². The van der Waals surface area contributed by atoms with Crippen LogP contribution in [0.3, 0.4) is 0 Å². The summed E-state index contributed by atoms with van der Waals surface area (Å²) in [4.78, 5) is 19.7. The molecule has 5 rings (SSSR count). The van der Waals surface area contributed by atoms with Crippen molar-refractivity contribution in [1.29, 1.82) is 0 Å². The zero-order valence-corrected chi connectivity index (χ0v) is 14.7. The molecule has 5 heteroatoms. The molecule has 1 aliphatic heterocycles. The van der Waals surface area contributed by atoms with Crippen molar-refractivity contribution in [2.24, 2.45) is 0 Å². The Hall–Kier alpha value is -2.69. The number of H-pyrrole nitrogens is 1. The van der Waals surface area contributed by atoms with E-state index >= 15 is 0 Å². The van der Waals surface area contributed by atoms with Crippen LogP contribution in [0.5, 0.6) is 0 Å². The van der Waals surface area contributed by atoms with E-state index in [-0.39, 0.29) is 5.91 Å². The summed E-state index contributed by atoms with van der Waals surface area (Å²) in [5, 5.41) is 9.65. The zero-order valence-electron chi connectivity index (χ0n) is 14.7. The largest absolute Gasteiger partial charge is 0.339 e. The maximum Gasteiger partial charge on any atom is 0.254 e. The number of fused-ring (bicyclic) bond motifs is 1. The molecule has 1 N–H and O–H groups in total. The first-order valence-electron chi connectivity index (χ1n) is 9.49. The third kappa shape index (κ3) is 2.77. The number of carbonyl (C=O) groups is 1. The molecule has 5 nitrogen and oxygen atoms in total. The molecular formula is C21H22N4O. The number of piperidine rings is 1. The van der Waals surface area contributed by atoms with E-state index in [0.29, 0.717) is 11.8 Å². The Bertz CT molecular complexity index is 946. The number of amides is 1. The smallest absolute Gasteiger partial charge is 0.254 e. The first-order chi connectivity index (χ1) is 12.8. The van der Waals surface area contributed by atoms with Gasteiger partial charge in [-0.25, -0.2) is 4.98 Å². The van der Waals surface area contributed by atoms with Gasteiger partial charge in [0.1, 0.15) is 5.82 Å². The quantitative estimate of drug-likeness (QED) is 0.783. The normalized spacial score (nSPS) is 18.4. The Labute approximate surface area is 152 Å². The van der Waals surface area contributed by atoms with Crippen molar-refractivity contribution in [3.05, 3.63) is 59.7 Å². The van der Waals surface area contributed by atoms with Gasteiger partial charge in [0.2, 0.25) is 0 Å². The Morgan fingerprint density at radius 3 is 2.54 bits per heavy atom. The van der Waals surface area contributed by atoms with Crippen LogP contribution >= 0.6 is 0 Å². The number of nitrogens with zero attached hydrogens (tertiary/aromatic N) is 3. The molecule has 1 aromatic heterocycles. The minimum atomic E-state index is 0.136. The first-order valence-corrected chi connectivity index (χ1v) is 9.49. The van der Waals surface area contributed by atoms with Gasteiger partial charge in [-0.05, 0) is 42.5 Å². The van der Waals surface area contributed by atoms with Crippen LogP contribution in [-0.4, -0.2) is 39.1 Å². The van der Waals surface area contributed by atoms with Crippen LogP contribution in [0.2, 0.25) is 0 Å². The molecule has 132 valence electrons. The number of hydrogen-bond donors (Lipinski definition) is 1. The van der Waals surface area contributed by atoms with Gasteiger partial charge in [-0.2, -0.15) is 5.10 Å². The summed E-state index contributed by atoms with van der Waals surface area (Å²) in [6, 6.07) is 14.1. The molecule has 2 aliphatic rings. The van der Waals surface area contributed by atoms with Crippen LogP contribution in [0.1, 0.15) is 59.5 Å². The van der Waals surface area contributed by atoms with Crippen LogP contribution in [0.25, 0.3) is 10.8 Å².